The molecule has 138 valence electrons. The Balaban J connectivity index is 1.57. The van der Waals surface area contributed by atoms with Crippen LogP contribution in [0, 0.1) is 5.82 Å². The second-order valence-electron chi connectivity index (χ2n) is 5.79. The first kappa shape index (κ1) is 19.6. The van der Waals surface area contributed by atoms with E-state index in [4.69, 9.17) is 16.3 Å². The average Bonchev–Trinajstić information content (AvgIpc) is 2.59. The molecule has 0 aromatic heterocycles. The van der Waals surface area contributed by atoms with E-state index in [9.17, 15) is 14.0 Å². The largest absolute Gasteiger partial charge is 0.379 e. The van der Waals surface area contributed by atoms with E-state index in [1.807, 2.05) is 0 Å². The van der Waals surface area contributed by atoms with Gasteiger partial charge in [-0.15, -0.1) is 0 Å². The van der Waals surface area contributed by atoms with Gasteiger partial charge < -0.3 is 15.4 Å². The van der Waals surface area contributed by atoms with Gasteiger partial charge in [0, 0.05) is 32.6 Å². The van der Waals surface area contributed by atoms with Gasteiger partial charge in [-0.1, -0.05) is 11.6 Å². The Labute approximate surface area is 151 Å². The predicted octanol–water partition coefficient (Wildman–Crippen LogP) is 1.44. The van der Waals surface area contributed by atoms with E-state index in [-0.39, 0.29) is 29.5 Å². The highest BCUT2D eigenvalue weighted by molar-refractivity contribution is 6.33. The molecule has 0 radical (unpaired) electrons. The van der Waals surface area contributed by atoms with Crippen LogP contribution in [0.15, 0.2) is 18.2 Å². The van der Waals surface area contributed by atoms with Crippen molar-refractivity contribution in [3.63, 3.8) is 0 Å². The smallest absolute Gasteiger partial charge is 0.252 e. The molecule has 1 aromatic carbocycles. The van der Waals surface area contributed by atoms with Crippen LogP contribution in [0.4, 0.5) is 4.39 Å². The van der Waals surface area contributed by atoms with Crippen molar-refractivity contribution in [1.82, 2.24) is 15.5 Å². The number of carbonyl (C=O) groups is 2. The van der Waals surface area contributed by atoms with Crippen LogP contribution in [-0.2, 0) is 9.53 Å². The van der Waals surface area contributed by atoms with E-state index in [2.05, 4.69) is 15.5 Å². The lowest BCUT2D eigenvalue weighted by Gasteiger charge is -2.26. The Morgan fingerprint density at radius 1 is 1.20 bits per heavy atom. The first-order valence-electron chi connectivity index (χ1n) is 8.36. The number of nitrogens with one attached hydrogen (secondary N) is 2. The van der Waals surface area contributed by atoms with Crippen molar-refractivity contribution in [2.24, 2.45) is 0 Å². The Morgan fingerprint density at radius 2 is 1.96 bits per heavy atom. The summed E-state index contributed by atoms with van der Waals surface area (Å²) < 4.78 is 18.2. The first-order valence-corrected chi connectivity index (χ1v) is 8.74. The number of hydrogen-bond acceptors (Lipinski definition) is 4. The zero-order valence-corrected chi connectivity index (χ0v) is 14.8. The van der Waals surface area contributed by atoms with Crippen molar-refractivity contribution < 1.29 is 18.7 Å². The highest BCUT2D eigenvalue weighted by atomic mass is 35.5. The van der Waals surface area contributed by atoms with Crippen LogP contribution in [0.1, 0.15) is 23.2 Å². The molecule has 1 aromatic rings. The van der Waals surface area contributed by atoms with Gasteiger partial charge in [0.1, 0.15) is 5.82 Å². The van der Waals surface area contributed by atoms with Gasteiger partial charge in [-0.05, 0) is 31.2 Å². The van der Waals surface area contributed by atoms with Crippen LogP contribution < -0.4 is 10.6 Å². The maximum atomic E-state index is 13.0. The molecule has 1 fully saturated rings. The van der Waals surface area contributed by atoms with E-state index < -0.39 is 11.7 Å². The number of hydrogen-bond donors (Lipinski definition) is 2. The summed E-state index contributed by atoms with van der Waals surface area (Å²) in [4.78, 5) is 26.0. The minimum atomic E-state index is -0.502. The molecule has 1 aliphatic rings. The van der Waals surface area contributed by atoms with Crippen molar-refractivity contribution in [3.05, 3.63) is 34.6 Å². The Morgan fingerprint density at radius 3 is 2.68 bits per heavy atom. The molecule has 1 heterocycles. The summed E-state index contributed by atoms with van der Waals surface area (Å²) in [5.41, 5.74) is 0.189. The fourth-order valence-corrected chi connectivity index (χ4v) is 2.76. The summed E-state index contributed by atoms with van der Waals surface area (Å²) in [6.45, 7) is 5.14. The molecule has 0 atom stereocenters. The normalized spacial score (nSPS) is 15.0. The summed E-state index contributed by atoms with van der Waals surface area (Å²) in [5, 5.41) is 5.48. The van der Waals surface area contributed by atoms with E-state index in [1.165, 1.54) is 12.1 Å². The molecule has 0 saturated carbocycles. The minimum absolute atomic E-state index is 0.0464. The van der Waals surface area contributed by atoms with Crippen molar-refractivity contribution in [1.29, 1.82) is 0 Å². The zero-order chi connectivity index (χ0) is 18.1. The van der Waals surface area contributed by atoms with Crippen molar-refractivity contribution in [3.8, 4) is 0 Å². The van der Waals surface area contributed by atoms with E-state index in [1.54, 1.807) is 0 Å². The van der Waals surface area contributed by atoms with Gasteiger partial charge in [0.2, 0.25) is 5.91 Å². The summed E-state index contributed by atoms with van der Waals surface area (Å²) in [5.74, 6) is -1.05. The first-order chi connectivity index (χ1) is 12.1. The fourth-order valence-electron chi connectivity index (χ4n) is 2.50. The number of benzene rings is 1. The highest BCUT2D eigenvalue weighted by Crippen LogP contribution is 2.16. The molecule has 0 bridgehead atoms. The van der Waals surface area contributed by atoms with Crippen LogP contribution in [-0.4, -0.2) is 62.7 Å². The third-order valence-corrected chi connectivity index (χ3v) is 4.20. The van der Waals surface area contributed by atoms with Gasteiger partial charge in [-0.2, -0.15) is 0 Å². The molecule has 1 saturated heterocycles. The van der Waals surface area contributed by atoms with E-state index in [0.29, 0.717) is 6.54 Å². The molecule has 2 rings (SSSR count). The van der Waals surface area contributed by atoms with Crippen LogP contribution in [0.2, 0.25) is 5.02 Å². The third kappa shape index (κ3) is 6.97. The van der Waals surface area contributed by atoms with Gasteiger partial charge in [-0.3, -0.25) is 14.5 Å². The van der Waals surface area contributed by atoms with Crippen molar-refractivity contribution in [2.45, 2.75) is 12.8 Å². The Bertz CT molecular complexity index is 595. The lowest BCUT2D eigenvalue weighted by molar-refractivity contribution is -0.120. The Hall–Kier alpha value is -1.70. The van der Waals surface area contributed by atoms with Gasteiger partial charge in [0.25, 0.3) is 5.91 Å². The standard InChI is InChI=1S/C17H23ClFN3O3/c18-15-12-13(19)2-3-14(15)17(24)21-6-4-16(23)20-5-1-7-22-8-10-25-11-9-22/h2-3,12H,1,4-11H2,(H,20,23)(H,21,24). The lowest BCUT2D eigenvalue weighted by atomic mass is 10.2. The predicted molar refractivity (Wildman–Crippen MR) is 93.2 cm³/mol. The summed E-state index contributed by atoms with van der Waals surface area (Å²) in [6.07, 6.45) is 1.06. The number of nitrogens with zero attached hydrogens (tertiary/aromatic N) is 1. The molecule has 0 unspecified atom stereocenters. The van der Waals surface area contributed by atoms with Crippen LogP contribution in [0.3, 0.4) is 0 Å². The summed E-state index contributed by atoms with van der Waals surface area (Å²) in [7, 11) is 0. The number of carbonyl (C=O) groups excluding carboxylic acids is 2. The number of rotatable bonds is 8. The molecule has 2 amide bonds. The van der Waals surface area contributed by atoms with E-state index >= 15 is 0 Å². The molecule has 6 nitrogen and oxygen atoms in total. The van der Waals surface area contributed by atoms with Crippen LogP contribution >= 0.6 is 11.6 Å². The zero-order valence-electron chi connectivity index (χ0n) is 14.0. The van der Waals surface area contributed by atoms with Gasteiger partial charge >= 0.3 is 0 Å². The SMILES string of the molecule is O=C(CCNC(=O)c1ccc(F)cc1Cl)NCCCN1CCOCC1. The third-order valence-electron chi connectivity index (χ3n) is 3.89. The van der Waals surface area contributed by atoms with Gasteiger partial charge in [0.05, 0.1) is 23.8 Å². The maximum absolute atomic E-state index is 13.0. The van der Waals surface area contributed by atoms with Crippen molar-refractivity contribution in [2.75, 3.05) is 45.9 Å². The van der Waals surface area contributed by atoms with Crippen LogP contribution in [0.25, 0.3) is 0 Å². The number of morpholine rings is 1. The highest BCUT2D eigenvalue weighted by Gasteiger charge is 2.12. The van der Waals surface area contributed by atoms with Gasteiger partial charge in [0.15, 0.2) is 0 Å². The molecule has 0 aliphatic carbocycles. The molecular weight excluding hydrogens is 349 g/mol. The number of ether oxygens (including phenoxy) is 1. The monoisotopic (exact) mass is 371 g/mol. The average molecular weight is 372 g/mol. The minimum Gasteiger partial charge on any atom is -0.379 e. The fraction of sp³-hybridized carbons (Fsp3) is 0.529. The lowest BCUT2D eigenvalue weighted by Crippen LogP contribution is -2.38. The van der Waals surface area contributed by atoms with E-state index in [0.717, 1.165) is 45.3 Å². The second-order valence-corrected chi connectivity index (χ2v) is 6.19. The number of amides is 2. The second kappa shape index (κ2) is 10.3. The quantitative estimate of drug-likeness (QED) is 0.678. The molecular formula is C17H23ClFN3O3. The molecule has 1 aliphatic heterocycles. The summed E-state index contributed by atoms with van der Waals surface area (Å²) >= 11 is 5.82. The summed E-state index contributed by atoms with van der Waals surface area (Å²) in [6, 6.07) is 3.57. The number of halogens is 2. The molecule has 8 heteroatoms. The van der Waals surface area contributed by atoms with Crippen molar-refractivity contribution >= 4 is 23.4 Å². The molecule has 25 heavy (non-hydrogen) atoms. The maximum Gasteiger partial charge on any atom is 0.252 e. The molecule has 0 spiro atoms. The molecule has 2 N–H and O–H groups in total. The van der Waals surface area contributed by atoms with Gasteiger partial charge in [-0.25, -0.2) is 4.39 Å². The Kier molecular flexibility index (Phi) is 8.11. The topological polar surface area (TPSA) is 70.7 Å². The van der Waals surface area contributed by atoms with Crippen LogP contribution in [0.5, 0.6) is 0 Å².